The normalized spacial score (nSPS) is 24.5. The number of thioether (sulfide) groups is 1. The zero-order valence-corrected chi connectivity index (χ0v) is 10.6. The van der Waals surface area contributed by atoms with E-state index < -0.39 is 0 Å². The van der Waals surface area contributed by atoms with Crippen molar-refractivity contribution in [2.24, 2.45) is 5.41 Å². The maximum atomic E-state index is 5.67. The molecule has 0 amide bonds. The molecule has 1 aliphatic carbocycles. The van der Waals surface area contributed by atoms with Gasteiger partial charge in [0.2, 0.25) is 0 Å². The molecule has 2 rings (SSSR count). The van der Waals surface area contributed by atoms with E-state index in [2.05, 4.69) is 18.7 Å². The van der Waals surface area contributed by atoms with Gasteiger partial charge in [0.1, 0.15) is 0 Å². The summed E-state index contributed by atoms with van der Waals surface area (Å²) < 4.78 is 5.67. The van der Waals surface area contributed by atoms with Gasteiger partial charge in [-0.1, -0.05) is 13.3 Å². The van der Waals surface area contributed by atoms with E-state index in [9.17, 15) is 0 Å². The molecule has 0 aromatic heterocycles. The van der Waals surface area contributed by atoms with E-state index in [4.69, 9.17) is 4.74 Å². The molecule has 0 aromatic rings. The fourth-order valence-electron chi connectivity index (χ4n) is 2.20. The van der Waals surface area contributed by atoms with E-state index in [1.807, 2.05) is 6.26 Å². The minimum absolute atomic E-state index is 0.579. The Labute approximate surface area is 97.7 Å². The molecule has 1 saturated heterocycles. The van der Waals surface area contributed by atoms with Crippen LogP contribution in [0.3, 0.4) is 0 Å². The van der Waals surface area contributed by atoms with Gasteiger partial charge in [-0.15, -0.1) is 0 Å². The Kier molecular flexibility index (Phi) is 4.01. The predicted molar refractivity (Wildman–Crippen MR) is 67.2 cm³/mol. The van der Waals surface area contributed by atoms with Crippen LogP contribution in [0.2, 0.25) is 0 Å². The zero-order chi connectivity index (χ0) is 10.6. The molecule has 0 N–H and O–H groups in total. The Bertz CT molecular complexity index is 223. The molecule has 0 bridgehead atoms. The summed E-state index contributed by atoms with van der Waals surface area (Å²) in [7, 11) is 0. The first kappa shape index (κ1) is 11.4. The maximum Gasteiger partial charge on any atom is 0.0879 e. The van der Waals surface area contributed by atoms with Crippen LogP contribution in [0.15, 0.2) is 11.8 Å². The maximum absolute atomic E-state index is 5.67. The van der Waals surface area contributed by atoms with Gasteiger partial charge in [0.15, 0.2) is 0 Å². The third-order valence-electron chi connectivity index (χ3n) is 3.47. The summed E-state index contributed by atoms with van der Waals surface area (Å²) in [5.74, 6) is 2.65. The summed E-state index contributed by atoms with van der Waals surface area (Å²) in [6, 6.07) is 0. The minimum atomic E-state index is 0.579. The van der Waals surface area contributed by atoms with Gasteiger partial charge in [0.25, 0.3) is 0 Å². The number of allylic oxidation sites excluding steroid dienone is 1. The predicted octanol–water partition coefficient (Wildman–Crippen LogP) is 3.99. The van der Waals surface area contributed by atoms with Gasteiger partial charge in [-0.2, -0.15) is 11.8 Å². The van der Waals surface area contributed by atoms with E-state index in [1.165, 1.54) is 55.6 Å². The molecule has 1 aliphatic heterocycles. The van der Waals surface area contributed by atoms with Crippen molar-refractivity contribution in [1.29, 1.82) is 0 Å². The molecule has 0 aromatic carbocycles. The summed E-state index contributed by atoms with van der Waals surface area (Å²) in [5, 5.41) is 0. The van der Waals surface area contributed by atoms with Crippen molar-refractivity contribution >= 4 is 11.8 Å². The molecule has 1 saturated carbocycles. The molecule has 2 fully saturated rings. The highest BCUT2D eigenvalue weighted by Gasteiger charge is 2.31. The van der Waals surface area contributed by atoms with Crippen LogP contribution in [0.25, 0.3) is 0 Å². The van der Waals surface area contributed by atoms with Gasteiger partial charge >= 0.3 is 0 Å². The third-order valence-corrected chi connectivity index (χ3v) is 5.27. The quantitative estimate of drug-likeness (QED) is 0.529. The van der Waals surface area contributed by atoms with Gasteiger partial charge in [-0.3, -0.25) is 0 Å². The summed E-state index contributed by atoms with van der Waals surface area (Å²) in [6.45, 7) is 3.29. The number of ether oxygens (including phenoxy) is 1. The lowest BCUT2D eigenvalue weighted by atomic mass is 9.91. The molecule has 2 aliphatic rings. The first-order valence-electron chi connectivity index (χ1n) is 6.16. The van der Waals surface area contributed by atoms with Crippen molar-refractivity contribution in [2.75, 3.05) is 18.1 Å². The minimum Gasteiger partial charge on any atom is -0.501 e. The van der Waals surface area contributed by atoms with Gasteiger partial charge in [0.05, 0.1) is 12.9 Å². The van der Waals surface area contributed by atoms with E-state index in [0.29, 0.717) is 5.41 Å². The summed E-state index contributed by atoms with van der Waals surface area (Å²) >= 11 is 2.06. The molecule has 0 atom stereocenters. The second kappa shape index (κ2) is 5.29. The van der Waals surface area contributed by atoms with Crippen LogP contribution in [-0.4, -0.2) is 18.1 Å². The second-order valence-corrected chi connectivity index (χ2v) is 6.25. The van der Waals surface area contributed by atoms with Gasteiger partial charge in [-0.05, 0) is 54.6 Å². The van der Waals surface area contributed by atoms with Crippen molar-refractivity contribution in [3.63, 3.8) is 0 Å². The lowest BCUT2D eigenvalue weighted by Gasteiger charge is -2.37. The molecular formula is C13H22OS. The van der Waals surface area contributed by atoms with Crippen LogP contribution in [-0.2, 0) is 4.74 Å². The molecule has 0 unspecified atom stereocenters. The first-order chi connectivity index (χ1) is 7.29. The molecule has 1 nitrogen and oxygen atoms in total. The van der Waals surface area contributed by atoms with Gasteiger partial charge < -0.3 is 4.74 Å². The smallest absolute Gasteiger partial charge is 0.0879 e. The van der Waals surface area contributed by atoms with Crippen LogP contribution >= 0.6 is 11.8 Å². The number of hydrogen-bond donors (Lipinski definition) is 0. The van der Waals surface area contributed by atoms with Crippen molar-refractivity contribution in [2.45, 2.75) is 45.4 Å². The van der Waals surface area contributed by atoms with Gasteiger partial charge in [0, 0.05) is 0 Å². The summed E-state index contributed by atoms with van der Waals surface area (Å²) in [4.78, 5) is 0. The van der Waals surface area contributed by atoms with Gasteiger partial charge in [-0.25, -0.2) is 0 Å². The Morgan fingerprint density at radius 1 is 1.27 bits per heavy atom. The standard InChI is InChI=1S/C13H22OS/c1-13(10-15-11-13)7-8-14-9-12-5-3-2-4-6-12/h9H,2-8,10-11H2,1H3. The Hall–Kier alpha value is -0.110. The molecule has 0 spiro atoms. The van der Waals surface area contributed by atoms with E-state index >= 15 is 0 Å². The van der Waals surface area contributed by atoms with Crippen molar-refractivity contribution in [3.8, 4) is 0 Å². The highest BCUT2D eigenvalue weighted by molar-refractivity contribution is 8.00. The lowest BCUT2D eigenvalue weighted by Crippen LogP contribution is -2.33. The summed E-state index contributed by atoms with van der Waals surface area (Å²) in [5.41, 5.74) is 2.12. The van der Waals surface area contributed by atoms with Crippen LogP contribution < -0.4 is 0 Å². The fourth-order valence-corrected chi connectivity index (χ4v) is 3.39. The van der Waals surface area contributed by atoms with Crippen molar-refractivity contribution in [3.05, 3.63) is 11.8 Å². The fraction of sp³-hybridized carbons (Fsp3) is 0.846. The number of hydrogen-bond acceptors (Lipinski definition) is 2. The van der Waals surface area contributed by atoms with E-state index in [-0.39, 0.29) is 0 Å². The zero-order valence-electron chi connectivity index (χ0n) is 9.76. The highest BCUT2D eigenvalue weighted by atomic mass is 32.2. The van der Waals surface area contributed by atoms with Crippen LogP contribution in [0.1, 0.15) is 45.4 Å². The van der Waals surface area contributed by atoms with Crippen LogP contribution in [0, 0.1) is 5.41 Å². The van der Waals surface area contributed by atoms with E-state index in [0.717, 1.165) is 6.61 Å². The molecular weight excluding hydrogens is 204 g/mol. The second-order valence-electron chi connectivity index (χ2n) is 5.26. The SMILES string of the molecule is CC1(CCOC=C2CCCCC2)CSC1. The molecule has 2 heteroatoms. The third kappa shape index (κ3) is 3.44. The number of rotatable bonds is 4. The van der Waals surface area contributed by atoms with Crippen molar-refractivity contribution < 1.29 is 4.74 Å². The van der Waals surface area contributed by atoms with Crippen LogP contribution in [0.5, 0.6) is 0 Å². The average molecular weight is 226 g/mol. The largest absolute Gasteiger partial charge is 0.501 e. The first-order valence-corrected chi connectivity index (χ1v) is 7.31. The monoisotopic (exact) mass is 226 g/mol. The molecule has 1 heterocycles. The summed E-state index contributed by atoms with van der Waals surface area (Å²) in [6.07, 6.45) is 9.96. The van der Waals surface area contributed by atoms with Crippen LogP contribution in [0.4, 0.5) is 0 Å². The lowest BCUT2D eigenvalue weighted by molar-refractivity contribution is 0.192. The molecule has 15 heavy (non-hydrogen) atoms. The van der Waals surface area contributed by atoms with Crippen molar-refractivity contribution in [1.82, 2.24) is 0 Å². The van der Waals surface area contributed by atoms with E-state index in [1.54, 1.807) is 0 Å². The molecule has 0 radical (unpaired) electrons. The Balaban J connectivity index is 1.61. The average Bonchev–Trinajstić information content (AvgIpc) is 2.23. The Morgan fingerprint density at radius 3 is 2.60 bits per heavy atom. The topological polar surface area (TPSA) is 9.23 Å². The Morgan fingerprint density at radius 2 is 2.00 bits per heavy atom. The molecule has 86 valence electrons. The highest BCUT2D eigenvalue weighted by Crippen LogP contribution is 2.40.